The number of rotatable bonds is 5. The molecule has 1 aliphatic heterocycles. The second kappa shape index (κ2) is 7.09. The van der Waals surface area contributed by atoms with Crippen LogP contribution in [0.4, 0.5) is 5.69 Å². The van der Waals surface area contributed by atoms with Gasteiger partial charge in [-0.15, -0.1) is 0 Å². The zero-order valence-corrected chi connectivity index (χ0v) is 12.3. The number of ether oxygens (including phenoxy) is 1. The number of hydrogen-bond acceptors (Lipinski definition) is 4. The Hall–Kier alpha value is -2.34. The fourth-order valence-corrected chi connectivity index (χ4v) is 2.45. The maximum absolute atomic E-state index is 11.8. The molecule has 1 saturated heterocycles. The molecule has 3 heterocycles. The molecule has 22 heavy (non-hydrogen) atoms. The van der Waals surface area contributed by atoms with Gasteiger partial charge in [0, 0.05) is 32.0 Å². The van der Waals surface area contributed by atoms with E-state index < -0.39 is 0 Å². The lowest BCUT2D eigenvalue weighted by molar-refractivity contribution is -0.111. The molecule has 6 heteroatoms. The number of carbonyl (C=O) groups excluding carboxylic acids is 1. The highest BCUT2D eigenvalue weighted by atomic mass is 16.5. The molecular formula is C16H19N3O3. The van der Waals surface area contributed by atoms with Gasteiger partial charge in [-0.2, -0.15) is 5.10 Å². The Balaban J connectivity index is 1.51. The molecule has 0 radical (unpaired) electrons. The lowest BCUT2D eigenvalue weighted by Gasteiger charge is -2.21. The standard InChI is InChI=1S/C16H19N3O3/c20-16(4-3-15-2-1-7-22-15)18-14-10-17-19(12-14)11-13-5-8-21-9-6-13/h1-4,7,10,12-13H,5-6,8-9,11H2,(H,18,20)/b4-3+. The van der Waals surface area contributed by atoms with Crippen molar-refractivity contribution in [3.05, 3.63) is 42.6 Å². The van der Waals surface area contributed by atoms with Gasteiger partial charge in [0.05, 0.1) is 18.1 Å². The minimum atomic E-state index is -0.206. The van der Waals surface area contributed by atoms with Gasteiger partial charge in [0.1, 0.15) is 5.76 Å². The molecule has 0 saturated carbocycles. The van der Waals surface area contributed by atoms with Gasteiger partial charge in [0.25, 0.3) is 0 Å². The van der Waals surface area contributed by atoms with Crippen molar-refractivity contribution >= 4 is 17.7 Å². The average molecular weight is 301 g/mol. The van der Waals surface area contributed by atoms with E-state index in [0.717, 1.165) is 32.6 Å². The van der Waals surface area contributed by atoms with Crippen molar-refractivity contribution in [2.45, 2.75) is 19.4 Å². The number of hydrogen-bond donors (Lipinski definition) is 1. The molecule has 0 aromatic carbocycles. The first-order chi connectivity index (χ1) is 10.8. The van der Waals surface area contributed by atoms with Crippen LogP contribution in [0.2, 0.25) is 0 Å². The maximum Gasteiger partial charge on any atom is 0.248 e. The van der Waals surface area contributed by atoms with Gasteiger partial charge >= 0.3 is 0 Å². The third kappa shape index (κ3) is 4.08. The van der Waals surface area contributed by atoms with Gasteiger partial charge in [-0.05, 0) is 37.0 Å². The minimum absolute atomic E-state index is 0.206. The number of aromatic nitrogens is 2. The van der Waals surface area contributed by atoms with Crippen LogP contribution in [0.3, 0.4) is 0 Å². The Morgan fingerprint density at radius 2 is 2.32 bits per heavy atom. The molecular weight excluding hydrogens is 282 g/mol. The number of anilines is 1. The molecule has 0 aliphatic carbocycles. The molecule has 6 nitrogen and oxygen atoms in total. The molecule has 1 N–H and O–H groups in total. The van der Waals surface area contributed by atoms with E-state index in [-0.39, 0.29) is 5.91 Å². The number of nitrogens with one attached hydrogen (secondary N) is 1. The van der Waals surface area contributed by atoms with E-state index in [1.807, 2.05) is 10.9 Å². The zero-order chi connectivity index (χ0) is 15.2. The van der Waals surface area contributed by atoms with Crippen LogP contribution in [-0.2, 0) is 16.1 Å². The lowest BCUT2D eigenvalue weighted by Crippen LogP contribution is -2.20. The second-order valence-corrected chi connectivity index (χ2v) is 5.34. The van der Waals surface area contributed by atoms with Crippen LogP contribution < -0.4 is 5.32 Å². The van der Waals surface area contributed by atoms with Crippen LogP contribution in [-0.4, -0.2) is 28.9 Å². The normalized spacial score (nSPS) is 16.2. The van der Waals surface area contributed by atoms with E-state index in [9.17, 15) is 4.79 Å². The Morgan fingerprint density at radius 3 is 3.09 bits per heavy atom. The fourth-order valence-electron chi connectivity index (χ4n) is 2.45. The summed E-state index contributed by atoms with van der Waals surface area (Å²) in [6.45, 7) is 2.52. The summed E-state index contributed by atoms with van der Waals surface area (Å²) >= 11 is 0. The predicted octanol–water partition coefficient (Wildman–Crippen LogP) is 2.55. The van der Waals surface area contributed by atoms with E-state index in [4.69, 9.17) is 9.15 Å². The number of furan rings is 1. The Bertz CT molecular complexity index is 625. The summed E-state index contributed by atoms with van der Waals surface area (Å²) in [5.74, 6) is 1.03. The predicted molar refractivity (Wildman–Crippen MR) is 82.1 cm³/mol. The quantitative estimate of drug-likeness (QED) is 0.862. The van der Waals surface area contributed by atoms with E-state index >= 15 is 0 Å². The molecule has 3 rings (SSSR count). The van der Waals surface area contributed by atoms with E-state index in [2.05, 4.69) is 10.4 Å². The molecule has 1 fully saturated rings. The third-order valence-corrected chi connectivity index (χ3v) is 3.63. The highest BCUT2D eigenvalue weighted by Crippen LogP contribution is 2.17. The van der Waals surface area contributed by atoms with Crippen molar-refractivity contribution in [2.24, 2.45) is 5.92 Å². The van der Waals surface area contributed by atoms with Crippen LogP contribution in [0.1, 0.15) is 18.6 Å². The van der Waals surface area contributed by atoms with Gasteiger partial charge in [-0.3, -0.25) is 9.48 Å². The molecule has 2 aromatic rings. The number of carbonyl (C=O) groups is 1. The summed E-state index contributed by atoms with van der Waals surface area (Å²) in [5, 5.41) is 7.08. The first kappa shape index (κ1) is 14.6. The Labute approximate surface area is 128 Å². The molecule has 1 aliphatic rings. The summed E-state index contributed by atoms with van der Waals surface area (Å²) in [4.78, 5) is 11.8. The highest BCUT2D eigenvalue weighted by Gasteiger charge is 2.14. The number of amides is 1. The molecule has 2 aromatic heterocycles. The van der Waals surface area contributed by atoms with Crippen molar-refractivity contribution < 1.29 is 13.9 Å². The van der Waals surface area contributed by atoms with Crippen LogP contribution in [0.15, 0.2) is 41.3 Å². The summed E-state index contributed by atoms with van der Waals surface area (Å²) in [7, 11) is 0. The van der Waals surface area contributed by atoms with Crippen LogP contribution in [0.5, 0.6) is 0 Å². The van der Waals surface area contributed by atoms with E-state index in [1.54, 1.807) is 30.7 Å². The van der Waals surface area contributed by atoms with Crippen molar-refractivity contribution in [1.29, 1.82) is 0 Å². The van der Waals surface area contributed by atoms with E-state index in [0.29, 0.717) is 17.4 Å². The maximum atomic E-state index is 11.8. The van der Waals surface area contributed by atoms with Gasteiger partial charge < -0.3 is 14.5 Å². The van der Waals surface area contributed by atoms with E-state index in [1.165, 1.54) is 6.08 Å². The highest BCUT2D eigenvalue weighted by molar-refractivity contribution is 6.01. The van der Waals surface area contributed by atoms with Crippen LogP contribution in [0.25, 0.3) is 6.08 Å². The Morgan fingerprint density at radius 1 is 1.45 bits per heavy atom. The van der Waals surface area contributed by atoms with Crippen molar-refractivity contribution in [1.82, 2.24) is 9.78 Å². The zero-order valence-electron chi connectivity index (χ0n) is 12.3. The van der Waals surface area contributed by atoms with Gasteiger partial charge in [-0.25, -0.2) is 0 Å². The van der Waals surface area contributed by atoms with Crippen molar-refractivity contribution in [2.75, 3.05) is 18.5 Å². The largest absolute Gasteiger partial charge is 0.465 e. The summed E-state index contributed by atoms with van der Waals surface area (Å²) < 4.78 is 12.4. The molecule has 0 spiro atoms. The first-order valence-electron chi connectivity index (χ1n) is 7.42. The monoisotopic (exact) mass is 301 g/mol. The van der Waals surface area contributed by atoms with Gasteiger partial charge in [0.2, 0.25) is 5.91 Å². The summed E-state index contributed by atoms with van der Waals surface area (Å²) in [5.41, 5.74) is 0.696. The third-order valence-electron chi connectivity index (χ3n) is 3.63. The lowest BCUT2D eigenvalue weighted by atomic mass is 10.0. The molecule has 116 valence electrons. The van der Waals surface area contributed by atoms with Gasteiger partial charge in [0.15, 0.2) is 0 Å². The Kier molecular flexibility index (Phi) is 4.70. The average Bonchev–Trinajstić information content (AvgIpc) is 3.18. The summed E-state index contributed by atoms with van der Waals surface area (Å²) in [6, 6.07) is 3.56. The fraction of sp³-hybridized carbons (Fsp3) is 0.375. The van der Waals surface area contributed by atoms with Crippen LogP contribution in [0, 0.1) is 5.92 Å². The topological polar surface area (TPSA) is 69.3 Å². The minimum Gasteiger partial charge on any atom is -0.465 e. The smallest absolute Gasteiger partial charge is 0.248 e. The SMILES string of the molecule is O=C(/C=C/c1ccco1)Nc1cnn(CC2CCOCC2)c1. The number of nitrogens with zero attached hydrogens (tertiary/aromatic N) is 2. The molecule has 0 atom stereocenters. The van der Waals surface area contributed by atoms with Crippen molar-refractivity contribution in [3.63, 3.8) is 0 Å². The molecule has 1 amide bonds. The van der Waals surface area contributed by atoms with Gasteiger partial charge in [-0.1, -0.05) is 0 Å². The first-order valence-corrected chi connectivity index (χ1v) is 7.42. The molecule has 0 bridgehead atoms. The molecule has 0 unspecified atom stereocenters. The summed E-state index contributed by atoms with van der Waals surface area (Å²) in [6.07, 6.45) is 10.3. The second-order valence-electron chi connectivity index (χ2n) is 5.34. The van der Waals surface area contributed by atoms with Crippen LogP contribution >= 0.6 is 0 Å². The van der Waals surface area contributed by atoms with Crippen molar-refractivity contribution in [3.8, 4) is 0 Å².